The van der Waals surface area contributed by atoms with Crippen LogP contribution in [-0.2, 0) is 24.2 Å². The van der Waals surface area contributed by atoms with Crippen LogP contribution in [0.4, 0.5) is 0 Å². The highest BCUT2D eigenvalue weighted by Gasteiger charge is 2.09. The quantitative estimate of drug-likeness (QED) is 0.0502. The van der Waals surface area contributed by atoms with Crippen LogP contribution in [0.5, 0.6) is 0 Å². The highest BCUT2D eigenvalue weighted by Crippen LogP contribution is 2.13. The molecule has 1 N–H and O–H groups in total. The average Bonchev–Trinajstić information content (AvgIpc) is 2.97. The summed E-state index contributed by atoms with van der Waals surface area (Å²) in [5.41, 5.74) is 0. The van der Waals surface area contributed by atoms with Crippen LogP contribution in [0.15, 0.2) is 0 Å². The zero-order valence-electron chi connectivity index (χ0n) is 28.2. The lowest BCUT2D eigenvalue weighted by atomic mass is 10.1. The third kappa shape index (κ3) is 40.5. The molecular weight excluding hydrogens is 528 g/mol. The van der Waals surface area contributed by atoms with Gasteiger partial charge in [-0.2, -0.15) is 0 Å². The summed E-state index contributed by atoms with van der Waals surface area (Å²) in [5, 5.41) is 8.41. The summed E-state index contributed by atoms with van der Waals surface area (Å²) < 4.78 is 0. The van der Waals surface area contributed by atoms with E-state index >= 15 is 0 Å². The van der Waals surface area contributed by atoms with Gasteiger partial charge in [0, 0.05) is 6.42 Å². The van der Waals surface area contributed by atoms with Crippen LogP contribution in [-0.4, -0.2) is 23.0 Å². The van der Waals surface area contributed by atoms with Crippen LogP contribution in [0.1, 0.15) is 213 Å². The molecule has 0 atom stereocenters. The molecule has 0 radical (unpaired) electrons. The molecular formula is C36H70O6. The first-order valence-corrected chi connectivity index (χ1v) is 18.1. The van der Waals surface area contributed by atoms with Crippen molar-refractivity contribution in [3.05, 3.63) is 0 Å². The van der Waals surface area contributed by atoms with Crippen molar-refractivity contribution in [2.75, 3.05) is 0 Å². The van der Waals surface area contributed by atoms with Gasteiger partial charge in [-0.05, 0) is 19.3 Å². The van der Waals surface area contributed by atoms with E-state index in [4.69, 9.17) is 5.11 Å². The summed E-state index contributed by atoms with van der Waals surface area (Å²) in [6, 6.07) is 0. The maximum atomic E-state index is 11.6. The molecule has 0 aromatic heterocycles. The third-order valence-electron chi connectivity index (χ3n) is 7.69. The monoisotopic (exact) mass is 599 g/mol. The topological polar surface area (TPSA) is 89.9 Å². The van der Waals surface area contributed by atoms with Crippen molar-refractivity contribution in [2.45, 2.75) is 213 Å². The number of hydrogen-bond donors (Lipinski definition) is 1. The molecule has 0 aromatic rings. The standard InChI is InChI=1S/C24H46O4.C12H24O2/c1-3-5-7-9-11-13-15-17-19-21-23(25)27-28-24(26)22-20-18-16-14-12-10-8-6-4-2;1-2-3-4-5-6-7-8-9-10-11-12(13)14/h3-22H2,1-2H3;2-11H2,1H3,(H,13,14). The number of carboxylic acids is 1. The average molecular weight is 599 g/mol. The van der Waals surface area contributed by atoms with Gasteiger partial charge in [-0.25, -0.2) is 19.4 Å². The minimum Gasteiger partial charge on any atom is -0.481 e. The summed E-state index contributed by atoms with van der Waals surface area (Å²) in [4.78, 5) is 42.6. The number of carbonyl (C=O) groups is 3. The second kappa shape index (κ2) is 37.4. The number of unbranched alkanes of at least 4 members (excludes halogenated alkanes) is 24. The predicted molar refractivity (Wildman–Crippen MR) is 175 cm³/mol. The number of carbonyl (C=O) groups excluding carboxylic acids is 2. The van der Waals surface area contributed by atoms with Crippen molar-refractivity contribution < 1.29 is 29.3 Å². The molecule has 0 bridgehead atoms. The molecule has 0 fully saturated rings. The van der Waals surface area contributed by atoms with Crippen LogP contribution < -0.4 is 0 Å². The number of aliphatic carboxylic acids is 1. The molecule has 0 saturated heterocycles. The summed E-state index contributed by atoms with van der Waals surface area (Å²) in [5.74, 6) is -1.51. The second-order valence-electron chi connectivity index (χ2n) is 12.0. The lowest BCUT2D eigenvalue weighted by molar-refractivity contribution is -0.259. The van der Waals surface area contributed by atoms with E-state index in [0.29, 0.717) is 19.3 Å². The normalized spacial score (nSPS) is 10.6. The lowest BCUT2D eigenvalue weighted by Gasteiger charge is -2.04. The van der Waals surface area contributed by atoms with Crippen molar-refractivity contribution in [2.24, 2.45) is 0 Å². The molecule has 0 amide bonds. The highest BCUT2D eigenvalue weighted by molar-refractivity contribution is 5.72. The fourth-order valence-electron chi connectivity index (χ4n) is 4.92. The fourth-order valence-corrected chi connectivity index (χ4v) is 4.92. The van der Waals surface area contributed by atoms with Gasteiger partial charge in [0.2, 0.25) is 0 Å². The van der Waals surface area contributed by atoms with E-state index in [0.717, 1.165) is 51.4 Å². The Labute approximate surface area is 260 Å². The van der Waals surface area contributed by atoms with Crippen molar-refractivity contribution in [1.29, 1.82) is 0 Å². The van der Waals surface area contributed by atoms with E-state index in [1.165, 1.54) is 122 Å². The Morgan fingerprint density at radius 1 is 0.357 bits per heavy atom. The van der Waals surface area contributed by atoms with E-state index in [1.807, 2.05) is 0 Å². The minimum absolute atomic E-state index is 0.334. The molecule has 42 heavy (non-hydrogen) atoms. The molecule has 0 rings (SSSR count). The molecule has 0 aliphatic rings. The first-order chi connectivity index (χ1) is 20.5. The summed E-state index contributed by atoms with van der Waals surface area (Å²) in [6.45, 7) is 6.69. The maximum absolute atomic E-state index is 11.6. The Morgan fingerprint density at radius 2 is 0.571 bits per heavy atom. The fraction of sp³-hybridized carbons (Fsp3) is 0.917. The smallest absolute Gasteiger partial charge is 0.355 e. The molecule has 250 valence electrons. The van der Waals surface area contributed by atoms with Crippen molar-refractivity contribution in [1.82, 2.24) is 0 Å². The molecule has 0 heterocycles. The number of carboxylic acid groups (broad SMARTS) is 1. The van der Waals surface area contributed by atoms with Gasteiger partial charge in [-0.3, -0.25) is 4.79 Å². The van der Waals surface area contributed by atoms with Gasteiger partial charge in [0.05, 0.1) is 12.8 Å². The van der Waals surface area contributed by atoms with Crippen LogP contribution >= 0.6 is 0 Å². The van der Waals surface area contributed by atoms with Crippen LogP contribution in [0.3, 0.4) is 0 Å². The molecule has 0 spiro atoms. The minimum atomic E-state index is -0.659. The Balaban J connectivity index is 0. The molecule has 0 aromatic carbocycles. The van der Waals surface area contributed by atoms with E-state index in [1.54, 1.807) is 0 Å². The lowest BCUT2D eigenvalue weighted by Crippen LogP contribution is -2.11. The highest BCUT2D eigenvalue weighted by atomic mass is 17.2. The molecule has 6 heteroatoms. The van der Waals surface area contributed by atoms with Crippen molar-refractivity contribution in [3.63, 3.8) is 0 Å². The van der Waals surface area contributed by atoms with Gasteiger partial charge >= 0.3 is 17.9 Å². The van der Waals surface area contributed by atoms with Crippen molar-refractivity contribution in [3.8, 4) is 0 Å². The number of rotatable bonds is 30. The summed E-state index contributed by atoms with van der Waals surface area (Å²) >= 11 is 0. The SMILES string of the molecule is CCCCCCCCCCCC(=O)O.CCCCCCCCCCCC(=O)OOC(=O)CCCCCCCCCCC. The maximum Gasteiger partial charge on any atom is 0.355 e. The molecule has 0 saturated carbocycles. The molecule has 6 nitrogen and oxygen atoms in total. The molecule has 0 aliphatic heterocycles. The van der Waals surface area contributed by atoms with Crippen LogP contribution in [0, 0.1) is 0 Å². The zero-order valence-corrected chi connectivity index (χ0v) is 28.2. The largest absolute Gasteiger partial charge is 0.481 e. The van der Waals surface area contributed by atoms with Gasteiger partial charge in [-0.1, -0.05) is 175 Å². The Bertz CT molecular complexity index is 543. The Hall–Kier alpha value is -1.59. The second-order valence-corrected chi connectivity index (χ2v) is 12.0. The van der Waals surface area contributed by atoms with Gasteiger partial charge in [0.1, 0.15) is 0 Å². The molecule has 0 unspecified atom stereocenters. The third-order valence-corrected chi connectivity index (χ3v) is 7.69. The summed E-state index contributed by atoms with van der Waals surface area (Å²) in [7, 11) is 0. The van der Waals surface area contributed by atoms with E-state index in [9.17, 15) is 14.4 Å². The van der Waals surface area contributed by atoms with E-state index in [-0.39, 0.29) is 0 Å². The van der Waals surface area contributed by atoms with E-state index < -0.39 is 17.9 Å². The molecule has 0 aliphatic carbocycles. The predicted octanol–water partition coefficient (Wildman–Crippen LogP) is 11.8. The van der Waals surface area contributed by atoms with Gasteiger partial charge < -0.3 is 5.11 Å². The van der Waals surface area contributed by atoms with Gasteiger partial charge in [-0.15, -0.1) is 0 Å². The van der Waals surface area contributed by atoms with Crippen LogP contribution in [0.2, 0.25) is 0 Å². The Morgan fingerprint density at radius 3 is 0.810 bits per heavy atom. The van der Waals surface area contributed by atoms with E-state index in [2.05, 4.69) is 30.5 Å². The number of hydrogen-bond acceptors (Lipinski definition) is 5. The first-order valence-electron chi connectivity index (χ1n) is 18.1. The van der Waals surface area contributed by atoms with Gasteiger partial charge in [0.25, 0.3) is 0 Å². The Kier molecular flexibility index (Phi) is 37.9. The summed E-state index contributed by atoms with van der Waals surface area (Å²) in [6.07, 6.45) is 33.8. The first kappa shape index (κ1) is 42.5. The van der Waals surface area contributed by atoms with Crippen molar-refractivity contribution >= 4 is 17.9 Å². The van der Waals surface area contributed by atoms with Gasteiger partial charge in [0.15, 0.2) is 0 Å². The zero-order chi connectivity index (χ0) is 31.4. The van der Waals surface area contributed by atoms with Crippen LogP contribution in [0.25, 0.3) is 0 Å².